The quantitative estimate of drug-likeness (QED) is 0.438. The lowest BCUT2D eigenvalue weighted by Crippen LogP contribution is -2.49. The molecule has 1 aliphatic rings. The number of aromatic nitrogens is 2. The number of ether oxygens (including phenoxy) is 2. The molecule has 2 amide bonds. The average Bonchev–Trinajstić information content (AvgIpc) is 3.48. The van der Waals surface area contributed by atoms with E-state index < -0.39 is 6.04 Å². The summed E-state index contributed by atoms with van der Waals surface area (Å²) in [6.45, 7) is 6.42. The Labute approximate surface area is 217 Å². The van der Waals surface area contributed by atoms with Crippen LogP contribution < -0.4 is 19.7 Å². The Morgan fingerprint density at radius 3 is 2.57 bits per heavy atom. The molecule has 0 spiro atoms. The van der Waals surface area contributed by atoms with Gasteiger partial charge in [0, 0.05) is 36.5 Å². The van der Waals surface area contributed by atoms with Crippen molar-refractivity contribution in [1.82, 2.24) is 15.1 Å². The summed E-state index contributed by atoms with van der Waals surface area (Å²) in [6.07, 6.45) is 0.442. The molecule has 196 valence electrons. The standard InChI is InChI=1S/C28H34N4O5/c1-18(2)27-22(19(3)32(30-27)12-13-33)16-26(34)29-23(14-20-8-6-5-7-9-20)28(35)31(4)21-10-11-24-25(15-21)37-17-36-24/h5-11,15,18,23,33H,12-14,16-17H2,1-4H3,(H,29,34)/t23-/m0/s1. The number of anilines is 1. The fourth-order valence-corrected chi connectivity index (χ4v) is 4.51. The molecule has 1 aliphatic heterocycles. The number of hydrogen-bond acceptors (Lipinski definition) is 6. The van der Waals surface area contributed by atoms with Crippen molar-refractivity contribution in [2.24, 2.45) is 0 Å². The molecule has 2 N–H and O–H groups in total. The lowest BCUT2D eigenvalue weighted by molar-refractivity contribution is -0.127. The SMILES string of the molecule is Cc1c(CC(=O)N[C@@H](Cc2ccccc2)C(=O)N(C)c2ccc3c(c2)OCO3)c(C(C)C)nn1CCO. The lowest BCUT2D eigenvalue weighted by atomic mass is 10.0. The molecule has 0 radical (unpaired) electrons. The smallest absolute Gasteiger partial charge is 0.249 e. The largest absolute Gasteiger partial charge is 0.454 e. The summed E-state index contributed by atoms with van der Waals surface area (Å²) in [4.78, 5) is 28.5. The van der Waals surface area contributed by atoms with Crippen LogP contribution in [0.15, 0.2) is 48.5 Å². The first-order chi connectivity index (χ1) is 17.8. The van der Waals surface area contributed by atoms with E-state index in [1.165, 1.54) is 4.90 Å². The van der Waals surface area contributed by atoms with Gasteiger partial charge in [0.1, 0.15) is 6.04 Å². The minimum atomic E-state index is -0.777. The number of likely N-dealkylation sites (N-methyl/N-ethyl adjacent to an activating group) is 1. The van der Waals surface area contributed by atoms with Crippen LogP contribution in [-0.2, 0) is 29.0 Å². The van der Waals surface area contributed by atoms with Gasteiger partial charge in [-0.25, -0.2) is 0 Å². The third kappa shape index (κ3) is 5.94. The highest BCUT2D eigenvalue weighted by Gasteiger charge is 2.28. The number of amides is 2. The number of hydrogen-bond donors (Lipinski definition) is 2. The normalized spacial score (nSPS) is 13.0. The minimum Gasteiger partial charge on any atom is -0.454 e. The molecule has 9 nitrogen and oxygen atoms in total. The van der Waals surface area contributed by atoms with Crippen molar-refractivity contribution in [3.05, 3.63) is 71.0 Å². The van der Waals surface area contributed by atoms with Gasteiger partial charge in [-0.15, -0.1) is 0 Å². The van der Waals surface area contributed by atoms with Crippen LogP contribution in [-0.4, -0.2) is 53.2 Å². The zero-order chi connectivity index (χ0) is 26.5. The summed E-state index contributed by atoms with van der Waals surface area (Å²) < 4.78 is 12.6. The van der Waals surface area contributed by atoms with Gasteiger partial charge >= 0.3 is 0 Å². The monoisotopic (exact) mass is 506 g/mol. The molecule has 3 aromatic rings. The van der Waals surface area contributed by atoms with E-state index >= 15 is 0 Å². The van der Waals surface area contributed by atoms with Gasteiger partial charge in [0.2, 0.25) is 18.6 Å². The van der Waals surface area contributed by atoms with Gasteiger partial charge in [0.25, 0.3) is 0 Å². The number of aliphatic hydroxyl groups excluding tert-OH is 1. The molecule has 37 heavy (non-hydrogen) atoms. The molecular formula is C28H34N4O5. The van der Waals surface area contributed by atoms with Crippen molar-refractivity contribution in [3.63, 3.8) is 0 Å². The van der Waals surface area contributed by atoms with E-state index in [-0.39, 0.29) is 37.6 Å². The fourth-order valence-electron chi connectivity index (χ4n) is 4.51. The van der Waals surface area contributed by atoms with Gasteiger partial charge < -0.3 is 24.8 Å². The third-order valence-electron chi connectivity index (χ3n) is 6.55. The van der Waals surface area contributed by atoms with Gasteiger partial charge in [-0.1, -0.05) is 44.2 Å². The van der Waals surface area contributed by atoms with Gasteiger partial charge in [0.15, 0.2) is 11.5 Å². The number of benzene rings is 2. The Morgan fingerprint density at radius 2 is 1.86 bits per heavy atom. The summed E-state index contributed by atoms with van der Waals surface area (Å²) in [5.41, 5.74) is 4.08. The molecule has 4 rings (SSSR count). The van der Waals surface area contributed by atoms with Gasteiger partial charge in [0.05, 0.1) is 25.3 Å². The first-order valence-electron chi connectivity index (χ1n) is 12.5. The Hall–Kier alpha value is -3.85. The first kappa shape index (κ1) is 26.2. The van der Waals surface area contributed by atoms with E-state index in [4.69, 9.17) is 9.47 Å². The summed E-state index contributed by atoms with van der Waals surface area (Å²) >= 11 is 0. The van der Waals surface area contributed by atoms with Gasteiger partial charge in [-0.3, -0.25) is 14.3 Å². The summed E-state index contributed by atoms with van der Waals surface area (Å²) in [6, 6.07) is 14.2. The van der Waals surface area contributed by atoms with E-state index in [1.807, 2.05) is 51.1 Å². The lowest BCUT2D eigenvalue weighted by Gasteiger charge is -2.25. The molecule has 1 atom stereocenters. The maximum Gasteiger partial charge on any atom is 0.249 e. The molecule has 0 saturated carbocycles. The van der Waals surface area contributed by atoms with Crippen molar-refractivity contribution in [2.45, 2.75) is 52.1 Å². The zero-order valence-corrected chi connectivity index (χ0v) is 21.7. The van der Waals surface area contributed by atoms with E-state index in [9.17, 15) is 14.7 Å². The molecule has 2 aromatic carbocycles. The van der Waals surface area contributed by atoms with Crippen molar-refractivity contribution in [2.75, 3.05) is 25.3 Å². The molecule has 0 bridgehead atoms. The predicted octanol–water partition coefficient (Wildman–Crippen LogP) is 2.97. The molecule has 2 heterocycles. The van der Waals surface area contributed by atoms with Crippen molar-refractivity contribution in [3.8, 4) is 11.5 Å². The van der Waals surface area contributed by atoms with Crippen LogP contribution >= 0.6 is 0 Å². The molecule has 9 heteroatoms. The molecular weight excluding hydrogens is 472 g/mol. The van der Waals surface area contributed by atoms with Crippen LogP contribution in [0.2, 0.25) is 0 Å². The topological polar surface area (TPSA) is 106 Å². The minimum absolute atomic E-state index is 0.0362. The second kappa shape index (κ2) is 11.5. The number of carbonyl (C=O) groups excluding carboxylic acids is 2. The van der Waals surface area contributed by atoms with Crippen LogP contribution in [0.3, 0.4) is 0 Å². The van der Waals surface area contributed by atoms with E-state index in [2.05, 4.69) is 10.4 Å². The van der Waals surface area contributed by atoms with Crippen LogP contribution in [0.25, 0.3) is 0 Å². The molecule has 0 saturated heterocycles. The highest BCUT2D eigenvalue weighted by atomic mass is 16.7. The Balaban J connectivity index is 1.56. The number of nitrogens with zero attached hydrogens (tertiary/aromatic N) is 3. The highest BCUT2D eigenvalue weighted by Crippen LogP contribution is 2.35. The Kier molecular flexibility index (Phi) is 8.13. The molecule has 0 aliphatic carbocycles. The fraction of sp³-hybridized carbons (Fsp3) is 0.393. The molecule has 1 aromatic heterocycles. The second-order valence-electron chi connectivity index (χ2n) is 9.47. The zero-order valence-electron chi connectivity index (χ0n) is 21.7. The summed E-state index contributed by atoms with van der Waals surface area (Å²) in [5.74, 6) is 0.823. The molecule has 0 unspecified atom stereocenters. The number of nitrogens with one attached hydrogen (secondary N) is 1. The van der Waals surface area contributed by atoms with Crippen molar-refractivity contribution >= 4 is 17.5 Å². The van der Waals surface area contributed by atoms with E-state index in [0.29, 0.717) is 30.2 Å². The van der Waals surface area contributed by atoms with E-state index in [0.717, 1.165) is 22.5 Å². The summed E-state index contributed by atoms with van der Waals surface area (Å²) in [5, 5.41) is 17.0. The van der Waals surface area contributed by atoms with Crippen molar-refractivity contribution < 1.29 is 24.2 Å². The number of rotatable bonds is 10. The van der Waals surface area contributed by atoms with Crippen LogP contribution in [0.4, 0.5) is 5.69 Å². The van der Waals surface area contributed by atoms with Crippen molar-refractivity contribution in [1.29, 1.82) is 0 Å². The maximum atomic E-state index is 13.7. The third-order valence-corrected chi connectivity index (χ3v) is 6.55. The Morgan fingerprint density at radius 1 is 1.14 bits per heavy atom. The Bertz CT molecular complexity index is 1250. The summed E-state index contributed by atoms with van der Waals surface area (Å²) in [7, 11) is 1.68. The van der Waals surface area contributed by atoms with Gasteiger partial charge in [-0.2, -0.15) is 5.10 Å². The second-order valence-corrected chi connectivity index (χ2v) is 9.47. The van der Waals surface area contributed by atoms with E-state index in [1.54, 1.807) is 29.9 Å². The van der Waals surface area contributed by atoms with Crippen LogP contribution in [0, 0.1) is 6.92 Å². The first-order valence-corrected chi connectivity index (χ1v) is 12.5. The van der Waals surface area contributed by atoms with Gasteiger partial charge in [-0.05, 0) is 30.5 Å². The maximum absolute atomic E-state index is 13.7. The predicted molar refractivity (Wildman–Crippen MR) is 140 cm³/mol. The number of aliphatic hydroxyl groups is 1. The molecule has 0 fully saturated rings. The number of carbonyl (C=O) groups is 2. The van der Waals surface area contributed by atoms with Crippen LogP contribution in [0.5, 0.6) is 11.5 Å². The van der Waals surface area contributed by atoms with Crippen LogP contribution in [0.1, 0.15) is 42.3 Å². The number of fused-ring (bicyclic) bond motifs is 1. The highest BCUT2D eigenvalue weighted by molar-refractivity contribution is 5.99. The average molecular weight is 507 g/mol.